The van der Waals surface area contributed by atoms with Crippen molar-refractivity contribution in [2.75, 3.05) is 13.6 Å². The molecule has 16 heavy (non-hydrogen) atoms. The molecule has 0 radical (unpaired) electrons. The van der Waals surface area contributed by atoms with E-state index in [1.165, 1.54) is 32.1 Å². The van der Waals surface area contributed by atoms with Gasteiger partial charge in [0.1, 0.15) is 5.54 Å². The third kappa shape index (κ3) is 4.51. The second-order valence-corrected chi connectivity index (χ2v) is 5.41. The van der Waals surface area contributed by atoms with Crippen molar-refractivity contribution in [1.82, 2.24) is 4.90 Å². The Kier molecular flexibility index (Phi) is 5.24. The molecule has 3 heteroatoms. The van der Waals surface area contributed by atoms with Crippen LogP contribution >= 0.6 is 0 Å². The molecule has 2 N–H and O–H groups in total. The largest absolute Gasteiger partial charge is 0.314 e. The lowest BCUT2D eigenvalue weighted by molar-refractivity contribution is 0.186. The van der Waals surface area contributed by atoms with Crippen molar-refractivity contribution in [2.45, 2.75) is 63.5 Å². The van der Waals surface area contributed by atoms with Gasteiger partial charge in [0.15, 0.2) is 0 Å². The first-order chi connectivity index (χ1) is 7.55. The molecule has 1 rings (SSSR count). The molecular weight excluding hydrogens is 198 g/mol. The Balaban J connectivity index is 2.19. The summed E-state index contributed by atoms with van der Waals surface area (Å²) in [6.45, 7) is 2.88. The molecular formula is C13H25N3. The van der Waals surface area contributed by atoms with E-state index in [-0.39, 0.29) is 0 Å². The molecule has 1 atom stereocenters. The van der Waals surface area contributed by atoms with Crippen LogP contribution in [0.2, 0.25) is 0 Å². The highest BCUT2D eigenvalue weighted by Gasteiger charge is 2.20. The quantitative estimate of drug-likeness (QED) is 0.778. The standard InChI is InChI=1S/C13H25N3/c1-13(15,11-14)9-6-10-16(2)12-7-4-3-5-8-12/h12H,3-10,15H2,1-2H3. The smallest absolute Gasteiger partial charge is 0.101 e. The van der Waals surface area contributed by atoms with Crippen LogP contribution in [0.4, 0.5) is 0 Å². The van der Waals surface area contributed by atoms with Crippen LogP contribution < -0.4 is 5.73 Å². The predicted molar refractivity (Wildman–Crippen MR) is 66.9 cm³/mol. The highest BCUT2D eigenvalue weighted by Crippen LogP contribution is 2.22. The van der Waals surface area contributed by atoms with Gasteiger partial charge in [-0.2, -0.15) is 5.26 Å². The van der Waals surface area contributed by atoms with Gasteiger partial charge in [0.2, 0.25) is 0 Å². The van der Waals surface area contributed by atoms with Gasteiger partial charge in [0.05, 0.1) is 6.07 Å². The van der Waals surface area contributed by atoms with Crippen molar-refractivity contribution < 1.29 is 0 Å². The zero-order valence-electron chi connectivity index (χ0n) is 10.7. The highest BCUT2D eigenvalue weighted by atomic mass is 15.1. The third-order valence-corrected chi connectivity index (χ3v) is 3.66. The Morgan fingerprint density at radius 3 is 2.56 bits per heavy atom. The maximum absolute atomic E-state index is 8.82. The van der Waals surface area contributed by atoms with Crippen LogP contribution in [0.3, 0.4) is 0 Å². The van der Waals surface area contributed by atoms with Gasteiger partial charge in [-0.05, 0) is 46.2 Å². The van der Waals surface area contributed by atoms with E-state index in [1.54, 1.807) is 0 Å². The summed E-state index contributed by atoms with van der Waals surface area (Å²) >= 11 is 0. The Labute approximate surface area is 99.6 Å². The number of hydrogen-bond donors (Lipinski definition) is 1. The fraction of sp³-hybridized carbons (Fsp3) is 0.923. The van der Waals surface area contributed by atoms with Crippen LogP contribution in [0, 0.1) is 11.3 Å². The lowest BCUT2D eigenvalue weighted by Gasteiger charge is -2.31. The molecule has 0 bridgehead atoms. The molecule has 0 aliphatic heterocycles. The highest BCUT2D eigenvalue weighted by molar-refractivity contribution is 5.00. The van der Waals surface area contributed by atoms with Crippen molar-refractivity contribution in [2.24, 2.45) is 5.73 Å². The maximum Gasteiger partial charge on any atom is 0.101 e. The van der Waals surface area contributed by atoms with Crippen LogP contribution in [0.15, 0.2) is 0 Å². The maximum atomic E-state index is 8.82. The summed E-state index contributed by atoms with van der Waals surface area (Å²) in [4.78, 5) is 2.45. The molecule has 0 aromatic rings. The van der Waals surface area contributed by atoms with E-state index in [9.17, 15) is 0 Å². The summed E-state index contributed by atoms with van der Waals surface area (Å²) in [5.74, 6) is 0. The van der Waals surface area contributed by atoms with Crippen molar-refractivity contribution in [3.05, 3.63) is 0 Å². The summed E-state index contributed by atoms with van der Waals surface area (Å²) in [6.07, 6.45) is 8.65. The topological polar surface area (TPSA) is 53.0 Å². The van der Waals surface area contributed by atoms with E-state index >= 15 is 0 Å². The molecule has 0 heterocycles. The summed E-state index contributed by atoms with van der Waals surface area (Å²) in [5.41, 5.74) is 5.16. The molecule has 0 aromatic carbocycles. The summed E-state index contributed by atoms with van der Waals surface area (Å²) in [5, 5.41) is 8.82. The van der Waals surface area contributed by atoms with E-state index in [2.05, 4.69) is 18.0 Å². The molecule has 1 unspecified atom stereocenters. The second-order valence-electron chi connectivity index (χ2n) is 5.41. The molecule has 0 saturated heterocycles. The Morgan fingerprint density at radius 2 is 2.00 bits per heavy atom. The molecule has 1 fully saturated rings. The Bertz CT molecular complexity index is 236. The van der Waals surface area contributed by atoms with Gasteiger partial charge in [-0.15, -0.1) is 0 Å². The second kappa shape index (κ2) is 6.22. The zero-order valence-corrected chi connectivity index (χ0v) is 10.7. The van der Waals surface area contributed by atoms with Gasteiger partial charge < -0.3 is 10.6 Å². The number of nitrogens with two attached hydrogens (primary N) is 1. The molecule has 0 amide bonds. The van der Waals surface area contributed by atoms with Gasteiger partial charge in [0.25, 0.3) is 0 Å². The van der Waals surface area contributed by atoms with E-state index in [0.717, 1.165) is 25.4 Å². The lowest BCUT2D eigenvalue weighted by atomic mass is 9.94. The first-order valence-corrected chi connectivity index (χ1v) is 6.45. The minimum Gasteiger partial charge on any atom is -0.314 e. The van der Waals surface area contributed by atoms with Gasteiger partial charge in [-0.25, -0.2) is 0 Å². The average molecular weight is 223 g/mol. The fourth-order valence-electron chi connectivity index (χ4n) is 2.46. The molecule has 0 aromatic heterocycles. The monoisotopic (exact) mass is 223 g/mol. The minimum atomic E-state index is -0.645. The number of nitrogens with zero attached hydrogens (tertiary/aromatic N) is 2. The first-order valence-electron chi connectivity index (χ1n) is 6.45. The molecule has 1 aliphatic carbocycles. The van der Waals surface area contributed by atoms with Crippen LogP contribution in [0.5, 0.6) is 0 Å². The van der Waals surface area contributed by atoms with E-state index in [4.69, 9.17) is 11.0 Å². The van der Waals surface area contributed by atoms with Crippen LogP contribution in [0.25, 0.3) is 0 Å². The van der Waals surface area contributed by atoms with Crippen molar-refractivity contribution in [1.29, 1.82) is 5.26 Å². The Hall–Kier alpha value is -0.590. The molecule has 3 nitrogen and oxygen atoms in total. The number of nitriles is 1. The number of rotatable bonds is 5. The van der Waals surface area contributed by atoms with Crippen molar-refractivity contribution >= 4 is 0 Å². The summed E-state index contributed by atoms with van der Waals surface area (Å²) in [7, 11) is 2.20. The average Bonchev–Trinajstić information content (AvgIpc) is 2.30. The molecule has 1 aliphatic rings. The third-order valence-electron chi connectivity index (χ3n) is 3.66. The molecule has 92 valence electrons. The van der Waals surface area contributed by atoms with E-state index in [0.29, 0.717) is 0 Å². The van der Waals surface area contributed by atoms with Crippen LogP contribution in [0.1, 0.15) is 51.9 Å². The van der Waals surface area contributed by atoms with Gasteiger partial charge >= 0.3 is 0 Å². The van der Waals surface area contributed by atoms with Gasteiger partial charge in [-0.1, -0.05) is 19.3 Å². The Morgan fingerprint density at radius 1 is 1.38 bits per heavy atom. The lowest BCUT2D eigenvalue weighted by Crippen LogP contribution is -2.37. The summed E-state index contributed by atoms with van der Waals surface area (Å²) < 4.78 is 0. The van der Waals surface area contributed by atoms with Crippen LogP contribution in [-0.4, -0.2) is 30.1 Å². The zero-order chi connectivity index (χ0) is 12.0. The van der Waals surface area contributed by atoms with Crippen molar-refractivity contribution in [3.8, 4) is 6.07 Å². The van der Waals surface area contributed by atoms with E-state index < -0.39 is 5.54 Å². The predicted octanol–water partition coefficient (Wildman–Crippen LogP) is 2.27. The molecule has 1 saturated carbocycles. The SMILES string of the molecule is CN(CCCC(C)(N)C#N)C1CCCCC1. The van der Waals surface area contributed by atoms with Crippen LogP contribution in [-0.2, 0) is 0 Å². The van der Waals surface area contributed by atoms with Gasteiger partial charge in [-0.3, -0.25) is 0 Å². The van der Waals surface area contributed by atoms with E-state index in [1.807, 2.05) is 6.92 Å². The number of hydrogen-bond acceptors (Lipinski definition) is 3. The summed E-state index contributed by atoms with van der Waals surface area (Å²) in [6, 6.07) is 2.92. The minimum absolute atomic E-state index is 0.645. The normalized spacial score (nSPS) is 21.7. The molecule has 0 spiro atoms. The fourth-order valence-corrected chi connectivity index (χ4v) is 2.46. The van der Waals surface area contributed by atoms with Gasteiger partial charge in [0, 0.05) is 6.04 Å². The first kappa shape index (κ1) is 13.5. The van der Waals surface area contributed by atoms with Crippen molar-refractivity contribution in [3.63, 3.8) is 0 Å².